The van der Waals surface area contributed by atoms with Crippen LogP contribution in [0.3, 0.4) is 0 Å². The Morgan fingerprint density at radius 1 is 1.13 bits per heavy atom. The van der Waals surface area contributed by atoms with Crippen molar-refractivity contribution in [2.24, 2.45) is 0 Å². The van der Waals surface area contributed by atoms with E-state index in [4.69, 9.17) is 20.9 Å². The van der Waals surface area contributed by atoms with Gasteiger partial charge in [-0.3, -0.25) is 4.79 Å². The number of hydrogen-bond acceptors (Lipinski definition) is 5. The Bertz CT molecular complexity index is 1270. The lowest BCUT2D eigenvalue weighted by Crippen LogP contribution is -2.31. The van der Waals surface area contributed by atoms with Gasteiger partial charge in [0.05, 0.1) is 17.1 Å². The van der Waals surface area contributed by atoms with Crippen molar-refractivity contribution >= 4 is 28.4 Å². The maximum atomic E-state index is 13.3. The van der Waals surface area contributed by atoms with Crippen LogP contribution in [-0.2, 0) is 0 Å². The number of carbonyl (C=O) groups is 1. The number of ether oxygens (including phenoxy) is 1. The number of likely N-dealkylation sites (tertiary alicyclic amines) is 1. The van der Waals surface area contributed by atoms with Gasteiger partial charge in [0.1, 0.15) is 23.1 Å². The molecule has 1 saturated heterocycles. The highest BCUT2D eigenvalue weighted by Gasteiger charge is 2.33. The second kappa shape index (κ2) is 8.04. The number of hydrogen-bond donors (Lipinski definition) is 0. The first kappa shape index (κ1) is 19.6. The molecule has 0 spiro atoms. The zero-order chi connectivity index (χ0) is 21.4. The second-order valence-corrected chi connectivity index (χ2v) is 7.97. The summed E-state index contributed by atoms with van der Waals surface area (Å²) in [5, 5.41) is 5.69. The smallest absolute Gasteiger partial charge is 0.259 e. The summed E-state index contributed by atoms with van der Waals surface area (Å²) in [4.78, 5) is 19.7. The molecule has 1 amide bonds. The lowest BCUT2D eigenvalue weighted by atomic mass is 10.1. The molecule has 0 N–H and O–H groups in total. The van der Waals surface area contributed by atoms with Gasteiger partial charge in [0.2, 0.25) is 5.88 Å². The van der Waals surface area contributed by atoms with E-state index in [0.29, 0.717) is 46.6 Å². The number of nitrogens with zero attached hydrogens (tertiary/aromatic N) is 3. The van der Waals surface area contributed by atoms with E-state index < -0.39 is 0 Å². The maximum absolute atomic E-state index is 13.3. The van der Waals surface area contributed by atoms with Gasteiger partial charge in [0, 0.05) is 30.0 Å². The third-order valence-corrected chi connectivity index (χ3v) is 5.83. The average Bonchev–Trinajstić information content (AvgIpc) is 3.40. The fourth-order valence-electron chi connectivity index (χ4n) is 3.91. The van der Waals surface area contributed by atoms with Gasteiger partial charge in [-0.25, -0.2) is 4.98 Å². The molecule has 1 unspecified atom stereocenters. The summed E-state index contributed by atoms with van der Waals surface area (Å²) in [6, 6.07) is 19.1. The molecular formula is C24H20ClN3O3. The van der Waals surface area contributed by atoms with Crippen LogP contribution in [0.1, 0.15) is 22.5 Å². The molecule has 0 radical (unpaired) electrons. The Kier molecular flexibility index (Phi) is 5.08. The molecule has 0 bridgehead atoms. The van der Waals surface area contributed by atoms with E-state index in [0.717, 1.165) is 17.3 Å². The van der Waals surface area contributed by atoms with Crippen LogP contribution in [0, 0.1) is 6.92 Å². The molecule has 1 aliphatic heterocycles. The van der Waals surface area contributed by atoms with Gasteiger partial charge < -0.3 is 14.2 Å². The van der Waals surface area contributed by atoms with E-state index in [-0.39, 0.29) is 12.0 Å². The molecule has 156 valence electrons. The molecule has 1 aliphatic rings. The third-order valence-electron chi connectivity index (χ3n) is 5.50. The molecule has 4 aromatic rings. The fourth-order valence-corrected chi connectivity index (χ4v) is 4.14. The topological polar surface area (TPSA) is 68.5 Å². The Hall–Kier alpha value is -3.38. The monoisotopic (exact) mass is 433 g/mol. The standard InChI is InChI=1S/C24H20ClN3O3/c1-15-22(23(27-31-15)18-7-3-4-8-19(18)25)24(29)28-13-12-17(14-28)30-21-11-10-16-6-2-5-9-20(16)26-21/h2-11,17H,12-14H2,1H3. The number of benzene rings is 2. The van der Waals surface area contributed by atoms with E-state index in [9.17, 15) is 4.79 Å². The molecule has 2 aromatic heterocycles. The van der Waals surface area contributed by atoms with Crippen LogP contribution < -0.4 is 4.74 Å². The van der Waals surface area contributed by atoms with Crippen LogP contribution in [0.4, 0.5) is 0 Å². The number of rotatable bonds is 4. The van der Waals surface area contributed by atoms with Gasteiger partial charge in [0.15, 0.2) is 0 Å². The van der Waals surface area contributed by atoms with Crippen molar-refractivity contribution in [3.05, 3.63) is 77.0 Å². The molecule has 6 nitrogen and oxygen atoms in total. The molecule has 31 heavy (non-hydrogen) atoms. The number of fused-ring (bicyclic) bond motifs is 1. The summed E-state index contributed by atoms with van der Waals surface area (Å²) in [5.41, 5.74) is 2.47. The molecule has 5 rings (SSSR count). The number of aromatic nitrogens is 2. The molecule has 1 atom stereocenters. The van der Waals surface area contributed by atoms with Gasteiger partial charge >= 0.3 is 0 Å². The molecule has 7 heteroatoms. The van der Waals surface area contributed by atoms with E-state index in [1.54, 1.807) is 17.9 Å². The highest BCUT2D eigenvalue weighted by atomic mass is 35.5. The lowest BCUT2D eigenvalue weighted by molar-refractivity contribution is 0.0770. The normalized spacial score (nSPS) is 16.1. The van der Waals surface area contributed by atoms with Crippen LogP contribution in [0.25, 0.3) is 22.2 Å². The van der Waals surface area contributed by atoms with Gasteiger partial charge in [-0.15, -0.1) is 0 Å². The van der Waals surface area contributed by atoms with E-state index in [2.05, 4.69) is 10.1 Å². The quantitative estimate of drug-likeness (QED) is 0.445. The van der Waals surface area contributed by atoms with Gasteiger partial charge in [-0.1, -0.05) is 53.2 Å². The number of aryl methyl sites for hydroxylation is 1. The SMILES string of the molecule is Cc1onc(-c2ccccc2Cl)c1C(=O)N1CCC(Oc2ccc3ccccc3n2)C1. The maximum Gasteiger partial charge on any atom is 0.259 e. The van der Waals surface area contributed by atoms with Crippen molar-refractivity contribution in [1.82, 2.24) is 15.0 Å². The van der Waals surface area contributed by atoms with Crippen LogP contribution in [-0.4, -0.2) is 40.1 Å². The molecule has 3 heterocycles. The van der Waals surface area contributed by atoms with E-state index >= 15 is 0 Å². The minimum absolute atomic E-state index is 0.124. The predicted molar refractivity (Wildman–Crippen MR) is 118 cm³/mol. The summed E-state index contributed by atoms with van der Waals surface area (Å²) < 4.78 is 11.4. The summed E-state index contributed by atoms with van der Waals surface area (Å²) in [7, 11) is 0. The highest BCUT2D eigenvalue weighted by Crippen LogP contribution is 2.32. The Labute approximate surface area is 184 Å². The molecular weight excluding hydrogens is 414 g/mol. The number of amides is 1. The lowest BCUT2D eigenvalue weighted by Gasteiger charge is -2.17. The van der Waals surface area contributed by atoms with Crippen LogP contribution in [0.15, 0.2) is 65.2 Å². The Balaban J connectivity index is 1.34. The first-order valence-electron chi connectivity index (χ1n) is 10.1. The van der Waals surface area contributed by atoms with Crippen LogP contribution >= 0.6 is 11.6 Å². The minimum atomic E-state index is -0.133. The third kappa shape index (κ3) is 3.75. The zero-order valence-electron chi connectivity index (χ0n) is 16.9. The van der Waals surface area contributed by atoms with Crippen LogP contribution in [0.2, 0.25) is 5.02 Å². The molecule has 0 aliphatic carbocycles. The number of halogens is 1. The summed E-state index contributed by atoms with van der Waals surface area (Å²) in [6.07, 6.45) is 0.605. The van der Waals surface area contributed by atoms with Crippen molar-refractivity contribution in [2.45, 2.75) is 19.4 Å². The molecule has 0 saturated carbocycles. The largest absolute Gasteiger partial charge is 0.472 e. The van der Waals surface area contributed by atoms with Crippen molar-refractivity contribution in [1.29, 1.82) is 0 Å². The average molecular weight is 434 g/mol. The van der Waals surface area contributed by atoms with Crippen molar-refractivity contribution < 1.29 is 14.1 Å². The first-order chi connectivity index (χ1) is 15.1. The second-order valence-electron chi connectivity index (χ2n) is 7.56. The number of para-hydroxylation sites is 1. The fraction of sp³-hybridized carbons (Fsp3) is 0.208. The van der Waals surface area contributed by atoms with Gasteiger partial charge in [-0.2, -0.15) is 0 Å². The highest BCUT2D eigenvalue weighted by molar-refractivity contribution is 6.33. The van der Waals surface area contributed by atoms with Gasteiger partial charge in [0.25, 0.3) is 5.91 Å². The van der Waals surface area contributed by atoms with Crippen molar-refractivity contribution in [3.8, 4) is 17.1 Å². The zero-order valence-corrected chi connectivity index (χ0v) is 17.7. The first-order valence-corrected chi connectivity index (χ1v) is 10.5. The van der Waals surface area contributed by atoms with Gasteiger partial charge in [-0.05, 0) is 25.1 Å². The Morgan fingerprint density at radius 2 is 1.94 bits per heavy atom. The number of carbonyl (C=O) groups excluding carboxylic acids is 1. The summed E-state index contributed by atoms with van der Waals surface area (Å²) in [6.45, 7) is 2.80. The summed E-state index contributed by atoms with van der Waals surface area (Å²) >= 11 is 6.33. The van der Waals surface area contributed by atoms with Crippen molar-refractivity contribution in [3.63, 3.8) is 0 Å². The molecule has 2 aromatic carbocycles. The van der Waals surface area contributed by atoms with Crippen LogP contribution in [0.5, 0.6) is 5.88 Å². The molecule has 1 fully saturated rings. The van der Waals surface area contributed by atoms with E-state index in [1.807, 2.05) is 54.6 Å². The van der Waals surface area contributed by atoms with Crippen molar-refractivity contribution in [2.75, 3.05) is 13.1 Å². The number of pyridine rings is 1. The van der Waals surface area contributed by atoms with E-state index in [1.165, 1.54) is 0 Å². The summed E-state index contributed by atoms with van der Waals surface area (Å²) in [5.74, 6) is 0.905. The Morgan fingerprint density at radius 3 is 2.81 bits per heavy atom. The minimum Gasteiger partial charge on any atom is -0.472 e. The predicted octanol–water partition coefficient (Wildman–Crippen LogP) is 5.15.